The molecule has 1 heterocycles. The van der Waals surface area contributed by atoms with Crippen LogP contribution in [0.2, 0.25) is 0 Å². The number of fused-ring (bicyclic) bond motifs is 1. The second-order valence-electron chi connectivity index (χ2n) is 5.54. The first kappa shape index (κ1) is 13.0. The molecule has 1 aromatic carbocycles. The molecule has 0 saturated heterocycles. The van der Waals surface area contributed by atoms with Crippen molar-refractivity contribution in [1.82, 2.24) is 8.75 Å². The van der Waals surface area contributed by atoms with Gasteiger partial charge in [0.25, 0.3) is 0 Å². The van der Waals surface area contributed by atoms with Gasteiger partial charge in [0.05, 0.1) is 29.3 Å². The maximum atomic E-state index is 12.3. The average Bonchev–Trinajstić information content (AvgIpc) is 2.73. The number of aliphatic carboxylic acids is 1. The molecule has 1 fully saturated rings. The molecule has 0 spiro atoms. The van der Waals surface area contributed by atoms with Crippen LogP contribution in [0.3, 0.4) is 0 Å². The van der Waals surface area contributed by atoms with Gasteiger partial charge in [-0.2, -0.15) is 8.75 Å². The molecule has 0 radical (unpaired) electrons. The van der Waals surface area contributed by atoms with Crippen LogP contribution in [0.4, 0.5) is 5.69 Å². The van der Waals surface area contributed by atoms with Gasteiger partial charge in [-0.15, -0.1) is 0 Å². The number of carbonyl (C=O) groups excluding carboxylic acids is 1. The molecule has 1 aliphatic rings. The molecule has 20 heavy (non-hydrogen) atoms. The molecule has 1 aliphatic carbocycles. The van der Waals surface area contributed by atoms with Crippen molar-refractivity contribution < 1.29 is 14.7 Å². The molecule has 2 atom stereocenters. The van der Waals surface area contributed by atoms with Gasteiger partial charge in [0.2, 0.25) is 5.91 Å². The minimum atomic E-state index is -0.927. The number of hydrogen-bond acceptors (Lipinski definition) is 5. The molecular formula is C13H13N3O3S. The Morgan fingerprint density at radius 2 is 2.05 bits per heavy atom. The number of carbonyl (C=O) groups is 2. The second-order valence-corrected chi connectivity index (χ2v) is 6.07. The van der Waals surface area contributed by atoms with Gasteiger partial charge in [-0.3, -0.25) is 9.59 Å². The molecule has 7 heteroatoms. The SMILES string of the molecule is CC1(C)[C@H](C(=O)O)[C@H]1C(=O)Nc1cccc2nsnc12. The highest BCUT2D eigenvalue weighted by Gasteiger charge is 2.65. The molecular weight excluding hydrogens is 278 g/mol. The van der Waals surface area contributed by atoms with E-state index in [4.69, 9.17) is 5.11 Å². The smallest absolute Gasteiger partial charge is 0.307 e. The summed E-state index contributed by atoms with van der Waals surface area (Å²) in [6, 6.07) is 5.34. The molecule has 1 saturated carbocycles. The molecule has 1 amide bonds. The minimum absolute atomic E-state index is 0.275. The zero-order chi connectivity index (χ0) is 14.5. The van der Waals surface area contributed by atoms with Gasteiger partial charge in [-0.1, -0.05) is 19.9 Å². The van der Waals surface area contributed by atoms with Crippen molar-refractivity contribution in [2.75, 3.05) is 5.32 Å². The Balaban J connectivity index is 1.84. The molecule has 0 bridgehead atoms. The van der Waals surface area contributed by atoms with Gasteiger partial charge in [-0.25, -0.2) is 0 Å². The predicted molar refractivity (Wildman–Crippen MR) is 74.4 cm³/mol. The fraction of sp³-hybridized carbons (Fsp3) is 0.385. The fourth-order valence-corrected chi connectivity index (χ4v) is 3.26. The molecule has 6 nitrogen and oxygen atoms in total. The number of carboxylic acid groups (broad SMARTS) is 1. The number of hydrogen-bond donors (Lipinski definition) is 2. The third-order valence-corrected chi connectivity index (χ3v) is 4.46. The third-order valence-electron chi connectivity index (χ3n) is 3.92. The number of aromatic nitrogens is 2. The summed E-state index contributed by atoms with van der Waals surface area (Å²) in [5, 5.41) is 11.9. The van der Waals surface area contributed by atoms with Crippen LogP contribution in [0.5, 0.6) is 0 Å². The van der Waals surface area contributed by atoms with Crippen LogP contribution < -0.4 is 5.32 Å². The maximum absolute atomic E-state index is 12.3. The van der Waals surface area contributed by atoms with Gasteiger partial charge in [0.15, 0.2) is 0 Å². The van der Waals surface area contributed by atoms with Crippen molar-refractivity contribution in [3.63, 3.8) is 0 Å². The van der Waals surface area contributed by atoms with E-state index in [9.17, 15) is 9.59 Å². The first-order chi connectivity index (χ1) is 9.43. The first-order valence-electron chi connectivity index (χ1n) is 6.18. The Kier molecular flexibility index (Phi) is 2.75. The lowest BCUT2D eigenvalue weighted by atomic mass is 10.1. The number of rotatable bonds is 3. The van der Waals surface area contributed by atoms with E-state index in [1.165, 1.54) is 0 Å². The Morgan fingerprint density at radius 1 is 1.30 bits per heavy atom. The van der Waals surface area contributed by atoms with Crippen LogP contribution in [0.1, 0.15) is 13.8 Å². The van der Waals surface area contributed by atoms with Crippen LogP contribution in [-0.2, 0) is 9.59 Å². The number of anilines is 1. The van der Waals surface area contributed by atoms with Gasteiger partial charge >= 0.3 is 5.97 Å². The van der Waals surface area contributed by atoms with E-state index in [-0.39, 0.29) is 5.91 Å². The summed E-state index contributed by atoms with van der Waals surface area (Å²) < 4.78 is 8.25. The van der Waals surface area contributed by atoms with E-state index < -0.39 is 23.2 Å². The number of carboxylic acids is 1. The van der Waals surface area contributed by atoms with Crippen LogP contribution in [-0.4, -0.2) is 25.7 Å². The van der Waals surface area contributed by atoms with Crippen molar-refractivity contribution in [2.45, 2.75) is 13.8 Å². The lowest BCUT2D eigenvalue weighted by Gasteiger charge is -2.06. The number of nitrogens with one attached hydrogen (secondary N) is 1. The van der Waals surface area contributed by atoms with E-state index in [1.807, 2.05) is 6.07 Å². The van der Waals surface area contributed by atoms with Crippen molar-refractivity contribution >= 4 is 40.3 Å². The van der Waals surface area contributed by atoms with Crippen LogP contribution >= 0.6 is 11.7 Å². The van der Waals surface area contributed by atoms with Crippen LogP contribution in [0, 0.1) is 17.3 Å². The summed E-state index contributed by atoms with van der Waals surface area (Å²) in [7, 11) is 0. The van der Waals surface area contributed by atoms with Gasteiger partial charge < -0.3 is 10.4 Å². The number of nitrogens with zero attached hydrogens (tertiary/aromatic N) is 2. The molecule has 104 valence electrons. The summed E-state index contributed by atoms with van der Waals surface area (Å²) in [5.74, 6) is -2.34. The Bertz CT molecular complexity index is 710. The number of amides is 1. The average molecular weight is 291 g/mol. The standard InChI is InChI=1S/C13H13N3O3S/c1-13(2)8(9(13)12(18)19)11(17)14-6-4-3-5-7-10(6)16-20-15-7/h3-5,8-9H,1-2H3,(H,14,17)(H,18,19)/t8-,9-/m0/s1. The summed E-state index contributed by atoms with van der Waals surface area (Å²) in [4.78, 5) is 23.4. The zero-order valence-corrected chi connectivity index (χ0v) is 11.8. The van der Waals surface area contributed by atoms with Crippen molar-refractivity contribution in [1.29, 1.82) is 0 Å². The van der Waals surface area contributed by atoms with Crippen LogP contribution in [0.25, 0.3) is 11.0 Å². The van der Waals surface area contributed by atoms with Gasteiger partial charge in [-0.05, 0) is 17.5 Å². The zero-order valence-electron chi connectivity index (χ0n) is 11.0. The third kappa shape index (κ3) is 1.85. The highest BCUT2D eigenvalue weighted by molar-refractivity contribution is 7.00. The summed E-state index contributed by atoms with van der Waals surface area (Å²) >= 11 is 1.08. The lowest BCUT2D eigenvalue weighted by molar-refractivity contribution is -0.140. The topological polar surface area (TPSA) is 92.2 Å². The quantitative estimate of drug-likeness (QED) is 0.902. The normalized spacial score (nSPS) is 23.5. The van der Waals surface area contributed by atoms with Crippen molar-refractivity contribution in [2.24, 2.45) is 17.3 Å². The lowest BCUT2D eigenvalue weighted by Crippen LogP contribution is -2.17. The van der Waals surface area contributed by atoms with E-state index in [0.29, 0.717) is 11.2 Å². The predicted octanol–water partition coefficient (Wildman–Crippen LogP) is 1.99. The first-order valence-corrected chi connectivity index (χ1v) is 6.91. The number of benzene rings is 1. The van der Waals surface area contributed by atoms with Gasteiger partial charge in [0.1, 0.15) is 11.0 Å². The molecule has 1 aromatic heterocycles. The highest BCUT2D eigenvalue weighted by atomic mass is 32.1. The van der Waals surface area contributed by atoms with E-state index in [1.54, 1.807) is 26.0 Å². The maximum Gasteiger partial charge on any atom is 0.307 e. The Labute approximate surface area is 119 Å². The summed E-state index contributed by atoms with van der Waals surface area (Å²) in [6.45, 7) is 3.59. The monoisotopic (exact) mass is 291 g/mol. The fourth-order valence-electron chi connectivity index (χ4n) is 2.71. The highest BCUT2D eigenvalue weighted by Crippen LogP contribution is 2.58. The Hall–Kier alpha value is -2.02. The van der Waals surface area contributed by atoms with E-state index in [2.05, 4.69) is 14.1 Å². The Morgan fingerprint density at radius 3 is 2.70 bits per heavy atom. The largest absolute Gasteiger partial charge is 0.481 e. The summed E-state index contributed by atoms with van der Waals surface area (Å²) in [6.07, 6.45) is 0. The van der Waals surface area contributed by atoms with E-state index in [0.717, 1.165) is 17.2 Å². The minimum Gasteiger partial charge on any atom is -0.481 e. The van der Waals surface area contributed by atoms with E-state index >= 15 is 0 Å². The van der Waals surface area contributed by atoms with Crippen molar-refractivity contribution in [3.8, 4) is 0 Å². The van der Waals surface area contributed by atoms with Crippen molar-refractivity contribution in [3.05, 3.63) is 18.2 Å². The molecule has 0 aliphatic heterocycles. The molecule has 2 N–H and O–H groups in total. The van der Waals surface area contributed by atoms with Gasteiger partial charge in [0, 0.05) is 0 Å². The molecule has 3 rings (SSSR count). The summed E-state index contributed by atoms with van der Waals surface area (Å²) in [5.41, 5.74) is 1.42. The molecule has 2 aromatic rings. The second kappa shape index (κ2) is 4.24. The van der Waals surface area contributed by atoms with Crippen LogP contribution in [0.15, 0.2) is 18.2 Å². The molecule has 0 unspecified atom stereocenters.